The molecule has 1 aromatic heterocycles. The second-order valence-corrected chi connectivity index (χ2v) is 15.5. The number of thiophene rings is 1. The summed E-state index contributed by atoms with van der Waals surface area (Å²) in [6.45, 7) is 6.88. The third-order valence-corrected chi connectivity index (χ3v) is 11.7. The molecule has 7 aromatic rings. The van der Waals surface area contributed by atoms with Crippen LogP contribution < -0.4 is 0 Å². The van der Waals surface area contributed by atoms with Gasteiger partial charge in [-0.05, 0) is 78.8 Å². The first-order valence-electron chi connectivity index (χ1n) is 17.3. The normalized spacial score (nSPS) is 17.2. The first kappa shape index (κ1) is 29.9. The fraction of sp³-hybridized carbons (Fsp3) is 0.125. The van der Waals surface area contributed by atoms with E-state index in [0.717, 1.165) is 0 Å². The molecule has 0 spiro atoms. The van der Waals surface area contributed by atoms with E-state index in [0.29, 0.717) is 0 Å². The lowest BCUT2D eigenvalue weighted by molar-refractivity contribution is 0.588. The van der Waals surface area contributed by atoms with Crippen LogP contribution >= 0.6 is 11.3 Å². The third-order valence-electron chi connectivity index (χ3n) is 10.5. The molecular formula is C48H38S. The molecule has 2 atom stereocenters. The van der Waals surface area contributed by atoms with E-state index in [1.807, 2.05) is 11.3 Å². The van der Waals surface area contributed by atoms with Crippen LogP contribution in [0.5, 0.6) is 0 Å². The molecule has 236 valence electrons. The van der Waals surface area contributed by atoms with Gasteiger partial charge in [0, 0.05) is 32.0 Å². The number of benzene rings is 6. The maximum absolute atomic E-state index is 2.55. The molecule has 0 N–H and O–H groups in total. The zero-order valence-corrected chi connectivity index (χ0v) is 29.0. The van der Waals surface area contributed by atoms with Crippen molar-refractivity contribution >= 4 is 42.7 Å². The van der Waals surface area contributed by atoms with Crippen LogP contribution in [0.1, 0.15) is 60.1 Å². The van der Waals surface area contributed by atoms with E-state index in [2.05, 4.69) is 185 Å². The molecule has 1 heterocycles. The van der Waals surface area contributed by atoms with Gasteiger partial charge in [0.05, 0.1) is 0 Å². The topological polar surface area (TPSA) is 0 Å². The first-order chi connectivity index (χ1) is 23.9. The number of rotatable bonds is 4. The van der Waals surface area contributed by atoms with Gasteiger partial charge in [-0.1, -0.05) is 172 Å². The molecule has 0 aliphatic heterocycles. The highest BCUT2D eigenvalue weighted by molar-refractivity contribution is 7.26. The van der Waals surface area contributed by atoms with E-state index in [1.165, 1.54) is 81.4 Å². The highest BCUT2D eigenvalue weighted by Crippen LogP contribution is 2.51. The van der Waals surface area contributed by atoms with Crippen molar-refractivity contribution in [3.8, 4) is 11.1 Å². The van der Waals surface area contributed by atoms with Crippen LogP contribution in [0.3, 0.4) is 0 Å². The summed E-state index contributed by atoms with van der Waals surface area (Å²) in [5, 5.41) is 2.68. The van der Waals surface area contributed by atoms with E-state index in [-0.39, 0.29) is 17.3 Å². The Morgan fingerprint density at radius 1 is 0.551 bits per heavy atom. The summed E-state index contributed by atoms with van der Waals surface area (Å²) >= 11 is 1.90. The molecule has 2 aliphatic carbocycles. The van der Waals surface area contributed by atoms with Crippen LogP contribution in [0.25, 0.3) is 42.4 Å². The zero-order chi connectivity index (χ0) is 33.1. The van der Waals surface area contributed by atoms with Gasteiger partial charge in [0.2, 0.25) is 0 Å². The minimum Gasteiger partial charge on any atom is -0.135 e. The van der Waals surface area contributed by atoms with Crippen LogP contribution in [0.2, 0.25) is 0 Å². The monoisotopic (exact) mass is 646 g/mol. The lowest BCUT2D eigenvalue weighted by Gasteiger charge is -2.38. The van der Waals surface area contributed by atoms with E-state index in [9.17, 15) is 0 Å². The quantitative estimate of drug-likeness (QED) is 0.178. The molecule has 9 rings (SSSR count). The summed E-state index contributed by atoms with van der Waals surface area (Å²) in [4.78, 5) is 0. The summed E-state index contributed by atoms with van der Waals surface area (Å²) in [6.07, 6.45) is 7.31. The van der Waals surface area contributed by atoms with Crippen molar-refractivity contribution in [2.75, 3.05) is 0 Å². The Hall–Kier alpha value is -5.24. The Balaban J connectivity index is 1.20. The van der Waals surface area contributed by atoms with Gasteiger partial charge in [-0.3, -0.25) is 0 Å². The molecule has 6 aromatic carbocycles. The molecular weight excluding hydrogens is 609 g/mol. The molecule has 0 saturated carbocycles. The van der Waals surface area contributed by atoms with Crippen LogP contribution in [0, 0.1) is 5.92 Å². The summed E-state index contributed by atoms with van der Waals surface area (Å²) in [7, 11) is 0. The molecule has 0 fully saturated rings. The maximum Gasteiger partial charge on any atom is 0.0433 e. The second-order valence-electron chi connectivity index (χ2n) is 14.5. The van der Waals surface area contributed by atoms with E-state index >= 15 is 0 Å². The predicted molar refractivity (Wildman–Crippen MR) is 211 cm³/mol. The summed E-state index contributed by atoms with van der Waals surface area (Å²) in [6, 6.07) is 54.2. The number of fused-ring (bicyclic) bond motifs is 5. The highest BCUT2D eigenvalue weighted by Gasteiger charge is 2.36. The Kier molecular flexibility index (Phi) is 7.14. The van der Waals surface area contributed by atoms with Crippen molar-refractivity contribution in [1.29, 1.82) is 0 Å². The van der Waals surface area contributed by atoms with Crippen LogP contribution in [-0.4, -0.2) is 0 Å². The zero-order valence-electron chi connectivity index (χ0n) is 28.2. The molecule has 1 heteroatoms. The molecule has 2 unspecified atom stereocenters. The molecule has 49 heavy (non-hydrogen) atoms. The van der Waals surface area contributed by atoms with Gasteiger partial charge in [-0.2, -0.15) is 0 Å². The van der Waals surface area contributed by atoms with Gasteiger partial charge < -0.3 is 0 Å². The van der Waals surface area contributed by atoms with E-state index in [1.54, 1.807) is 0 Å². The summed E-state index contributed by atoms with van der Waals surface area (Å²) in [5.41, 5.74) is 14.7. The Bertz CT molecular complexity index is 2460. The van der Waals surface area contributed by atoms with Gasteiger partial charge >= 0.3 is 0 Å². The van der Waals surface area contributed by atoms with Crippen molar-refractivity contribution in [2.45, 2.75) is 32.1 Å². The van der Waals surface area contributed by atoms with Gasteiger partial charge in [0.25, 0.3) is 0 Å². The van der Waals surface area contributed by atoms with Gasteiger partial charge in [-0.25, -0.2) is 0 Å². The Morgan fingerprint density at radius 2 is 1.22 bits per heavy atom. The molecule has 2 aliphatic rings. The standard InChI is InChI=1S/C48H38S/c1-48(2,3)36-26-23-32(24-27-36)46-40-19-8-7-18-39(40)45(31-13-5-4-6-14-31)41-28-25-34(30-43(41)46)33-15-11-16-35(29-33)37-20-12-21-42-38-17-9-10-22-44(38)49-47(37)42/h4-30,43,46H,1-3H3. The molecule has 0 saturated heterocycles. The van der Waals surface area contributed by atoms with Crippen molar-refractivity contribution in [2.24, 2.45) is 5.92 Å². The average Bonchev–Trinajstić information content (AvgIpc) is 3.53. The Labute approximate surface area is 293 Å². The Morgan fingerprint density at radius 3 is 2.06 bits per heavy atom. The van der Waals surface area contributed by atoms with Gasteiger partial charge in [0.1, 0.15) is 0 Å². The third kappa shape index (κ3) is 5.12. The fourth-order valence-electron chi connectivity index (χ4n) is 8.04. The maximum atomic E-state index is 2.55. The highest BCUT2D eigenvalue weighted by atomic mass is 32.1. The van der Waals surface area contributed by atoms with Crippen LogP contribution in [-0.2, 0) is 5.41 Å². The minimum atomic E-state index is 0.111. The molecule has 0 radical (unpaired) electrons. The summed E-state index contributed by atoms with van der Waals surface area (Å²) in [5.74, 6) is 0.406. The lowest BCUT2D eigenvalue weighted by Crippen LogP contribution is -2.23. The fourth-order valence-corrected chi connectivity index (χ4v) is 9.28. The SMILES string of the molecule is CC(C)(C)c1ccc(C2c3ccccc3C(c3ccccc3)=C3C=CC(c4cccc(-c5cccc6c5sc5ccccc56)c4)=CC32)cc1. The predicted octanol–water partition coefficient (Wildman–Crippen LogP) is 13.2. The van der Waals surface area contributed by atoms with Gasteiger partial charge in [-0.15, -0.1) is 11.3 Å². The second kappa shape index (κ2) is 11.7. The minimum absolute atomic E-state index is 0.111. The lowest BCUT2D eigenvalue weighted by atomic mass is 9.65. The van der Waals surface area contributed by atoms with Crippen molar-refractivity contribution in [1.82, 2.24) is 0 Å². The van der Waals surface area contributed by atoms with Gasteiger partial charge in [0.15, 0.2) is 0 Å². The van der Waals surface area contributed by atoms with Crippen LogP contribution in [0.4, 0.5) is 0 Å². The van der Waals surface area contributed by atoms with Crippen LogP contribution in [0.15, 0.2) is 169 Å². The number of allylic oxidation sites excluding steroid dienone is 5. The molecule has 0 nitrogen and oxygen atoms in total. The number of hydrogen-bond donors (Lipinski definition) is 0. The van der Waals surface area contributed by atoms with E-state index < -0.39 is 0 Å². The van der Waals surface area contributed by atoms with Crippen molar-refractivity contribution in [3.63, 3.8) is 0 Å². The smallest absolute Gasteiger partial charge is 0.0433 e. The summed E-state index contributed by atoms with van der Waals surface area (Å²) < 4.78 is 2.70. The largest absolute Gasteiger partial charge is 0.135 e. The van der Waals surface area contributed by atoms with E-state index in [4.69, 9.17) is 0 Å². The molecule has 0 bridgehead atoms. The molecule has 0 amide bonds. The number of hydrogen-bond acceptors (Lipinski definition) is 1. The van der Waals surface area contributed by atoms with Crippen molar-refractivity contribution < 1.29 is 0 Å². The first-order valence-corrected chi connectivity index (χ1v) is 18.2. The van der Waals surface area contributed by atoms with Crippen molar-refractivity contribution in [3.05, 3.63) is 203 Å². The average molecular weight is 647 g/mol.